The molecule has 0 unspecified atom stereocenters. The first kappa shape index (κ1) is 14.5. The Labute approximate surface area is 118 Å². The van der Waals surface area contributed by atoms with Crippen LogP contribution >= 0.6 is 0 Å². The Balaban J connectivity index is 1.90. The summed E-state index contributed by atoms with van der Waals surface area (Å²) < 4.78 is 0. The first-order valence-electron chi connectivity index (χ1n) is 6.95. The summed E-state index contributed by atoms with van der Waals surface area (Å²) in [6.45, 7) is 1.30. The van der Waals surface area contributed by atoms with E-state index in [-0.39, 0.29) is 11.8 Å². The molecule has 0 aromatic heterocycles. The smallest absolute Gasteiger partial charge is 0.244 e. The molecule has 0 radical (unpaired) electrons. The number of rotatable bonds is 4. The van der Waals surface area contributed by atoms with Crippen molar-refractivity contribution in [2.45, 2.75) is 25.3 Å². The van der Waals surface area contributed by atoms with Crippen molar-refractivity contribution >= 4 is 11.8 Å². The van der Waals surface area contributed by atoms with Gasteiger partial charge in [0, 0.05) is 19.5 Å². The van der Waals surface area contributed by atoms with Crippen LogP contribution in [0.15, 0.2) is 30.3 Å². The maximum Gasteiger partial charge on any atom is 0.244 e. The molecule has 2 rings (SSSR count). The number of primary amides is 1. The SMILES string of the molecule is NC(=O)CC1CCN(C(=O)[C@H](N)c2ccccc2)CC1. The number of hydrogen-bond acceptors (Lipinski definition) is 3. The lowest BCUT2D eigenvalue weighted by atomic mass is 9.92. The molecular formula is C15H21N3O2. The first-order chi connectivity index (χ1) is 9.58. The molecule has 108 valence electrons. The molecule has 2 amide bonds. The molecule has 5 nitrogen and oxygen atoms in total. The van der Waals surface area contributed by atoms with Gasteiger partial charge in [-0.3, -0.25) is 9.59 Å². The van der Waals surface area contributed by atoms with E-state index in [9.17, 15) is 9.59 Å². The fraction of sp³-hybridized carbons (Fsp3) is 0.467. The van der Waals surface area contributed by atoms with Crippen LogP contribution in [0.2, 0.25) is 0 Å². The first-order valence-corrected chi connectivity index (χ1v) is 6.95. The number of piperidine rings is 1. The Morgan fingerprint density at radius 3 is 2.35 bits per heavy atom. The van der Waals surface area contributed by atoms with E-state index in [1.165, 1.54) is 0 Å². The van der Waals surface area contributed by atoms with Crippen LogP contribution in [0.3, 0.4) is 0 Å². The van der Waals surface area contributed by atoms with Gasteiger partial charge in [0.05, 0.1) is 0 Å². The third-order valence-electron chi connectivity index (χ3n) is 3.84. The summed E-state index contributed by atoms with van der Waals surface area (Å²) in [4.78, 5) is 25.0. The van der Waals surface area contributed by atoms with Gasteiger partial charge >= 0.3 is 0 Å². The highest BCUT2D eigenvalue weighted by Gasteiger charge is 2.27. The average Bonchev–Trinajstić information content (AvgIpc) is 2.47. The predicted octanol–water partition coefficient (Wildman–Crippen LogP) is 0.800. The second-order valence-corrected chi connectivity index (χ2v) is 5.33. The number of nitrogens with two attached hydrogens (primary N) is 2. The summed E-state index contributed by atoms with van der Waals surface area (Å²) in [7, 11) is 0. The minimum atomic E-state index is -0.608. The summed E-state index contributed by atoms with van der Waals surface area (Å²) >= 11 is 0. The van der Waals surface area contributed by atoms with Crippen molar-refractivity contribution in [3.8, 4) is 0 Å². The Kier molecular flexibility index (Phi) is 4.74. The molecule has 20 heavy (non-hydrogen) atoms. The van der Waals surface area contributed by atoms with Gasteiger partial charge < -0.3 is 16.4 Å². The predicted molar refractivity (Wildman–Crippen MR) is 76.5 cm³/mol. The van der Waals surface area contributed by atoms with Gasteiger partial charge in [0.15, 0.2) is 0 Å². The second-order valence-electron chi connectivity index (χ2n) is 5.33. The van der Waals surface area contributed by atoms with Crippen LogP contribution in [0.25, 0.3) is 0 Å². The van der Waals surface area contributed by atoms with Crippen molar-refractivity contribution in [2.24, 2.45) is 17.4 Å². The Morgan fingerprint density at radius 1 is 1.20 bits per heavy atom. The van der Waals surface area contributed by atoms with Gasteiger partial charge in [-0.1, -0.05) is 30.3 Å². The van der Waals surface area contributed by atoms with Crippen LogP contribution in [0, 0.1) is 5.92 Å². The lowest BCUT2D eigenvalue weighted by Crippen LogP contribution is -2.43. The lowest BCUT2D eigenvalue weighted by Gasteiger charge is -2.33. The van der Waals surface area contributed by atoms with Gasteiger partial charge in [-0.15, -0.1) is 0 Å². The zero-order valence-electron chi connectivity index (χ0n) is 11.5. The van der Waals surface area contributed by atoms with E-state index < -0.39 is 6.04 Å². The summed E-state index contributed by atoms with van der Waals surface area (Å²) in [5, 5.41) is 0. The summed E-state index contributed by atoms with van der Waals surface area (Å²) in [6.07, 6.45) is 2.04. The van der Waals surface area contributed by atoms with Crippen molar-refractivity contribution in [2.75, 3.05) is 13.1 Å². The molecule has 1 saturated heterocycles. The van der Waals surface area contributed by atoms with Crippen molar-refractivity contribution in [3.63, 3.8) is 0 Å². The fourth-order valence-corrected chi connectivity index (χ4v) is 2.64. The molecule has 0 saturated carbocycles. The third-order valence-corrected chi connectivity index (χ3v) is 3.84. The number of benzene rings is 1. The zero-order chi connectivity index (χ0) is 14.5. The van der Waals surface area contributed by atoms with E-state index in [0.717, 1.165) is 18.4 Å². The second kappa shape index (κ2) is 6.52. The molecule has 1 heterocycles. The van der Waals surface area contributed by atoms with Crippen LogP contribution < -0.4 is 11.5 Å². The zero-order valence-corrected chi connectivity index (χ0v) is 11.5. The van der Waals surface area contributed by atoms with Crippen molar-refractivity contribution in [3.05, 3.63) is 35.9 Å². The Bertz CT molecular complexity index is 467. The quantitative estimate of drug-likeness (QED) is 0.851. The van der Waals surface area contributed by atoms with Crippen molar-refractivity contribution in [1.29, 1.82) is 0 Å². The van der Waals surface area contributed by atoms with Crippen molar-refractivity contribution in [1.82, 2.24) is 4.90 Å². The minimum absolute atomic E-state index is 0.0475. The molecule has 1 atom stereocenters. The number of nitrogens with zero attached hydrogens (tertiary/aromatic N) is 1. The molecule has 0 bridgehead atoms. The lowest BCUT2D eigenvalue weighted by molar-refractivity contribution is -0.134. The van der Waals surface area contributed by atoms with Gasteiger partial charge in [-0.05, 0) is 24.3 Å². The van der Waals surface area contributed by atoms with E-state index in [1.54, 1.807) is 4.90 Å². The molecule has 5 heteroatoms. The van der Waals surface area contributed by atoms with Crippen LogP contribution in [0.4, 0.5) is 0 Å². The van der Waals surface area contributed by atoms with Gasteiger partial charge in [0.1, 0.15) is 6.04 Å². The largest absolute Gasteiger partial charge is 0.370 e. The molecule has 0 aliphatic carbocycles. The Hall–Kier alpha value is -1.88. The summed E-state index contributed by atoms with van der Waals surface area (Å²) in [5.74, 6) is -0.0195. The van der Waals surface area contributed by atoms with Crippen LogP contribution in [-0.2, 0) is 9.59 Å². The normalized spacial score (nSPS) is 17.8. The highest BCUT2D eigenvalue weighted by Crippen LogP contribution is 2.22. The molecule has 1 aromatic carbocycles. The summed E-state index contributed by atoms with van der Waals surface area (Å²) in [6, 6.07) is 8.77. The molecule has 0 spiro atoms. The topological polar surface area (TPSA) is 89.4 Å². The van der Waals surface area contributed by atoms with E-state index in [0.29, 0.717) is 25.4 Å². The average molecular weight is 275 g/mol. The monoisotopic (exact) mass is 275 g/mol. The molecule has 1 fully saturated rings. The summed E-state index contributed by atoms with van der Waals surface area (Å²) in [5.41, 5.74) is 12.1. The number of carbonyl (C=O) groups is 2. The maximum absolute atomic E-state index is 12.3. The molecule has 1 aliphatic heterocycles. The standard InChI is InChI=1S/C15H21N3O2/c16-13(19)10-11-6-8-18(9-7-11)15(20)14(17)12-4-2-1-3-5-12/h1-5,11,14H,6-10,17H2,(H2,16,19)/t14-/m1/s1. The van der Waals surface area contributed by atoms with Crippen molar-refractivity contribution < 1.29 is 9.59 Å². The minimum Gasteiger partial charge on any atom is -0.370 e. The van der Waals surface area contributed by atoms with E-state index in [4.69, 9.17) is 11.5 Å². The molecular weight excluding hydrogens is 254 g/mol. The molecule has 1 aromatic rings. The van der Waals surface area contributed by atoms with Gasteiger partial charge in [-0.2, -0.15) is 0 Å². The van der Waals surface area contributed by atoms with Gasteiger partial charge in [-0.25, -0.2) is 0 Å². The molecule has 4 N–H and O–H groups in total. The maximum atomic E-state index is 12.3. The highest BCUT2D eigenvalue weighted by molar-refractivity contribution is 5.83. The molecule has 1 aliphatic rings. The fourth-order valence-electron chi connectivity index (χ4n) is 2.64. The van der Waals surface area contributed by atoms with Crippen LogP contribution in [-0.4, -0.2) is 29.8 Å². The third kappa shape index (κ3) is 3.57. The van der Waals surface area contributed by atoms with E-state index in [1.807, 2.05) is 30.3 Å². The van der Waals surface area contributed by atoms with Gasteiger partial charge in [0.25, 0.3) is 0 Å². The van der Waals surface area contributed by atoms with Crippen LogP contribution in [0.1, 0.15) is 30.9 Å². The number of likely N-dealkylation sites (tertiary alicyclic amines) is 1. The Morgan fingerprint density at radius 2 is 1.80 bits per heavy atom. The van der Waals surface area contributed by atoms with Crippen LogP contribution in [0.5, 0.6) is 0 Å². The van der Waals surface area contributed by atoms with Gasteiger partial charge in [0.2, 0.25) is 11.8 Å². The van der Waals surface area contributed by atoms with E-state index >= 15 is 0 Å². The number of carbonyl (C=O) groups excluding carboxylic acids is 2. The van der Waals surface area contributed by atoms with E-state index in [2.05, 4.69) is 0 Å². The number of hydrogen-bond donors (Lipinski definition) is 2. The number of amides is 2. The highest BCUT2D eigenvalue weighted by atomic mass is 16.2.